The Kier molecular flexibility index (Phi) is 5.15. The summed E-state index contributed by atoms with van der Waals surface area (Å²) in [7, 11) is 0. The minimum absolute atomic E-state index is 0.0294. The van der Waals surface area contributed by atoms with Crippen molar-refractivity contribution in [3.8, 4) is 0 Å². The molecule has 1 unspecified atom stereocenters. The molecule has 0 aliphatic carbocycles. The van der Waals surface area contributed by atoms with Crippen molar-refractivity contribution in [2.75, 3.05) is 18.0 Å². The van der Waals surface area contributed by atoms with Gasteiger partial charge in [0.1, 0.15) is 11.6 Å². The van der Waals surface area contributed by atoms with Crippen LogP contribution in [0.3, 0.4) is 0 Å². The van der Waals surface area contributed by atoms with E-state index in [1.54, 1.807) is 12.3 Å². The van der Waals surface area contributed by atoms with Gasteiger partial charge in [-0.15, -0.1) is 0 Å². The van der Waals surface area contributed by atoms with E-state index in [9.17, 15) is 17.6 Å². The summed E-state index contributed by atoms with van der Waals surface area (Å²) in [5.74, 6) is -0.108. The molecule has 1 saturated heterocycles. The minimum Gasteiger partial charge on any atom is -0.355 e. The average molecular weight is 374 g/mol. The van der Waals surface area contributed by atoms with Crippen molar-refractivity contribution in [1.82, 2.24) is 10.3 Å². The lowest BCUT2D eigenvalue weighted by molar-refractivity contribution is -0.138. The number of rotatable bonds is 4. The number of hydrogen-bond acceptors (Lipinski definition) is 3. The van der Waals surface area contributed by atoms with Gasteiger partial charge in [0.05, 0.1) is 10.6 Å². The number of aromatic nitrogens is 1. The second-order valence-corrected chi connectivity index (χ2v) is 6.38. The van der Waals surface area contributed by atoms with E-state index >= 15 is 0 Å². The summed E-state index contributed by atoms with van der Waals surface area (Å²) >= 11 is 5.82. The first-order valence-electron chi connectivity index (χ1n) is 7.78. The van der Waals surface area contributed by atoms with E-state index in [1.165, 1.54) is 6.07 Å². The summed E-state index contributed by atoms with van der Waals surface area (Å²) < 4.78 is 52.2. The van der Waals surface area contributed by atoms with E-state index in [0.29, 0.717) is 17.6 Å². The molecular formula is C17H16ClF4N3. The highest BCUT2D eigenvalue weighted by molar-refractivity contribution is 6.30. The molecule has 2 heterocycles. The van der Waals surface area contributed by atoms with Crippen LogP contribution in [-0.4, -0.2) is 24.1 Å². The number of hydrogen-bond donors (Lipinski definition) is 1. The molecule has 8 heteroatoms. The molecule has 3 nitrogen and oxygen atoms in total. The topological polar surface area (TPSA) is 28.2 Å². The summed E-state index contributed by atoms with van der Waals surface area (Å²) in [5, 5.41) is 3.67. The minimum atomic E-state index is -4.58. The lowest BCUT2D eigenvalue weighted by Gasteiger charge is -2.19. The molecule has 134 valence electrons. The Bertz CT molecular complexity index is 734. The van der Waals surface area contributed by atoms with Gasteiger partial charge in [0.25, 0.3) is 0 Å². The monoisotopic (exact) mass is 373 g/mol. The van der Waals surface area contributed by atoms with Crippen molar-refractivity contribution in [3.63, 3.8) is 0 Å². The van der Waals surface area contributed by atoms with Gasteiger partial charge in [-0.1, -0.05) is 17.7 Å². The van der Waals surface area contributed by atoms with Gasteiger partial charge < -0.3 is 10.2 Å². The zero-order valence-corrected chi connectivity index (χ0v) is 13.9. The zero-order chi connectivity index (χ0) is 18.0. The van der Waals surface area contributed by atoms with Gasteiger partial charge in [0.2, 0.25) is 0 Å². The molecule has 1 aromatic heterocycles. The molecule has 1 fully saturated rings. The van der Waals surface area contributed by atoms with Crippen LogP contribution in [0, 0.1) is 5.82 Å². The third-order valence-electron chi connectivity index (χ3n) is 4.18. The maximum absolute atomic E-state index is 13.1. The highest BCUT2D eigenvalue weighted by atomic mass is 35.5. The van der Waals surface area contributed by atoms with Crippen LogP contribution in [0.5, 0.6) is 0 Å². The molecule has 1 aromatic carbocycles. The van der Waals surface area contributed by atoms with Gasteiger partial charge >= 0.3 is 6.18 Å². The number of nitrogens with zero attached hydrogens (tertiary/aromatic N) is 2. The number of pyridine rings is 1. The number of alkyl halides is 3. The SMILES string of the molecule is Fc1ccc(CNC2CCN(c3ccc(Cl)cn3)C2)c(C(F)(F)F)c1. The number of benzene rings is 1. The van der Waals surface area contributed by atoms with Crippen molar-refractivity contribution in [3.05, 3.63) is 58.5 Å². The lowest BCUT2D eigenvalue weighted by Crippen LogP contribution is -2.33. The number of halogens is 5. The van der Waals surface area contributed by atoms with E-state index in [1.807, 2.05) is 11.0 Å². The molecule has 0 amide bonds. The molecule has 0 saturated carbocycles. The second-order valence-electron chi connectivity index (χ2n) is 5.95. The van der Waals surface area contributed by atoms with E-state index in [4.69, 9.17) is 11.6 Å². The zero-order valence-electron chi connectivity index (χ0n) is 13.2. The van der Waals surface area contributed by atoms with E-state index in [0.717, 1.165) is 24.8 Å². The Hall–Kier alpha value is -1.86. The molecule has 0 radical (unpaired) electrons. The molecule has 1 aliphatic heterocycles. The van der Waals surface area contributed by atoms with Crippen molar-refractivity contribution in [2.45, 2.75) is 25.2 Å². The largest absolute Gasteiger partial charge is 0.416 e. The predicted octanol–water partition coefficient (Wildman–Crippen LogP) is 4.26. The molecule has 1 N–H and O–H groups in total. The Morgan fingerprint density at radius 2 is 2.04 bits per heavy atom. The van der Waals surface area contributed by atoms with Gasteiger partial charge in [-0.2, -0.15) is 13.2 Å². The first-order chi connectivity index (χ1) is 11.8. The van der Waals surface area contributed by atoms with Crippen LogP contribution in [0.25, 0.3) is 0 Å². The summed E-state index contributed by atoms with van der Waals surface area (Å²) in [5.41, 5.74) is -0.897. The first kappa shape index (κ1) is 17.9. The Balaban J connectivity index is 1.63. The van der Waals surface area contributed by atoms with Crippen molar-refractivity contribution in [2.24, 2.45) is 0 Å². The van der Waals surface area contributed by atoms with Crippen molar-refractivity contribution < 1.29 is 17.6 Å². The number of anilines is 1. The van der Waals surface area contributed by atoms with Gasteiger partial charge in [0, 0.05) is 31.9 Å². The number of nitrogens with one attached hydrogen (secondary N) is 1. The average Bonchev–Trinajstić information content (AvgIpc) is 3.02. The van der Waals surface area contributed by atoms with Crippen molar-refractivity contribution >= 4 is 17.4 Å². The summed E-state index contributed by atoms with van der Waals surface area (Å²) in [6, 6.07) is 6.35. The molecule has 0 bridgehead atoms. The predicted molar refractivity (Wildman–Crippen MR) is 88.1 cm³/mol. The fraction of sp³-hybridized carbons (Fsp3) is 0.353. The van der Waals surface area contributed by atoms with E-state index in [2.05, 4.69) is 10.3 Å². The molecule has 0 spiro atoms. The first-order valence-corrected chi connectivity index (χ1v) is 8.16. The smallest absolute Gasteiger partial charge is 0.355 e. The summed E-state index contributed by atoms with van der Waals surface area (Å²) in [6.07, 6.45) is -2.23. The third-order valence-corrected chi connectivity index (χ3v) is 4.41. The highest BCUT2D eigenvalue weighted by Gasteiger charge is 2.34. The Morgan fingerprint density at radius 3 is 2.72 bits per heavy atom. The molecule has 1 atom stereocenters. The Morgan fingerprint density at radius 1 is 1.24 bits per heavy atom. The van der Waals surface area contributed by atoms with Crippen LogP contribution in [0.2, 0.25) is 5.02 Å². The Labute approximate surface area is 147 Å². The normalized spacial score (nSPS) is 18.0. The molecular weight excluding hydrogens is 358 g/mol. The van der Waals surface area contributed by atoms with Crippen LogP contribution < -0.4 is 10.2 Å². The van der Waals surface area contributed by atoms with E-state index < -0.39 is 17.6 Å². The van der Waals surface area contributed by atoms with Crippen LogP contribution >= 0.6 is 11.6 Å². The maximum Gasteiger partial charge on any atom is 0.416 e. The molecule has 3 rings (SSSR count). The lowest BCUT2D eigenvalue weighted by atomic mass is 10.1. The van der Waals surface area contributed by atoms with Crippen LogP contribution in [0.1, 0.15) is 17.5 Å². The van der Waals surface area contributed by atoms with Crippen LogP contribution in [0.4, 0.5) is 23.4 Å². The quantitative estimate of drug-likeness (QED) is 0.812. The second kappa shape index (κ2) is 7.17. The van der Waals surface area contributed by atoms with Crippen molar-refractivity contribution in [1.29, 1.82) is 0 Å². The fourth-order valence-corrected chi connectivity index (χ4v) is 3.02. The highest BCUT2D eigenvalue weighted by Crippen LogP contribution is 2.32. The summed E-state index contributed by atoms with van der Waals surface area (Å²) in [4.78, 5) is 6.29. The van der Waals surface area contributed by atoms with E-state index in [-0.39, 0.29) is 18.2 Å². The molecule has 2 aromatic rings. The van der Waals surface area contributed by atoms with Gasteiger partial charge in [0.15, 0.2) is 0 Å². The molecule has 25 heavy (non-hydrogen) atoms. The third kappa shape index (κ3) is 4.41. The van der Waals surface area contributed by atoms with Gasteiger partial charge in [-0.25, -0.2) is 9.37 Å². The van der Waals surface area contributed by atoms with Crippen LogP contribution in [-0.2, 0) is 12.7 Å². The van der Waals surface area contributed by atoms with Crippen LogP contribution in [0.15, 0.2) is 36.5 Å². The van der Waals surface area contributed by atoms with Gasteiger partial charge in [-0.05, 0) is 36.2 Å². The summed E-state index contributed by atoms with van der Waals surface area (Å²) in [6.45, 7) is 1.42. The maximum atomic E-state index is 13.1. The van der Waals surface area contributed by atoms with Gasteiger partial charge in [-0.3, -0.25) is 0 Å². The fourth-order valence-electron chi connectivity index (χ4n) is 2.91. The molecule has 1 aliphatic rings. The standard InChI is InChI=1S/C17H16ClF4N3/c18-12-2-4-16(24-9-12)25-6-5-14(10-25)23-8-11-1-3-13(19)7-15(11)17(20,21)22/h1-4,7,9,14,23H,5-6,8,10H2.